The number of rotatable bonds is 4. The molecule has 0 saturated heterocycles. The van der Waals surface area contributed by atoms with Crippen molar-refractivity contribution >= 4 is 5.97 Å². The van der Waals surface area contributed by atoms with Crippen LogP contribution in [0.3, 0.4) is 0 Å². The molecule has 2 atom stereocenters. The average molecular weight is 270 g/mol. The summed E-state index contributed by atoms with van der Waals surface area (Å²) >= 11 is 0. The van der Waals surface area contributed by atoms with Crippen LogP contribution in [0.4, 0.5) is 0 Å². The van der Waals surface area contributed by atoms with Gasteiger partial charge in [-0.25, -0.2) is 0 Å². The Hall–Kier alpha value is -0.570. The van der Waals surface area contributed by atoms with E-state index in [0.29, 0.717) is 31.3 Å². The Morgan fingerprint density at radius 3 is 2.53 bits per heavy atom. The van der Waals surface area contributed by atoms with Crippen LogP contribution in [-0.2, 0) is 9.53 Å². The molecule has 1 rings (SSSR count). The molecule has 0 bridgehead atoms. The van der Waals surface area contributed by atoms with Crippen LogP contribution in [0.25, 0.3) is 0 Å². The van der Waals surface area contributed by atoms with Gasteiger partial charge in [-0.3, -0.25) is 4.79 Å². The molecule has 2 unspecified atom stereocenters. The van der Waals surface area contributed by atoms with Crippen LogP contribution in [0.1, 0.15) is 66.7 Å². The number of carbonyl (C=O) groups excluding carboxylic acids is 1. The summed E-state index contributed by atoms with van der Waals surface area (Å²) in [4.78, 5) is 12.1. The summed E-state index contributed by atoms with van der Waals surface area (Å²) in [5.74, 6) is 1.03. The topological polar surface area (TPSA) is 46.5 Å². The molecule has 1 N–H and O–H groups in total. The molecular weight excluding hydrogens is 240 g/mol. The van der Waals surface area contributed by atoms with Crippen molar-refractivity contribution in [2.24, 2.45) is 17.3 Å². The van der Waals surface area contributed by atoms with Crippen LogP contribution in [0.15, 0.2) is 0 Å². The van der Waals surface area contributed by atoms with Crippen molar-refractivity contribution in [3.05, 3.63) is 0 Å². The molecule has 0 aromatic heterocycles. The molecule has 19 heavy (non-hydrogen) atoms. The predicted molar refractivity (Wildman–Crippen MR) is 76.8 cm³/mol. The van der Waals surface area contributed by atoms with Crippen molar-refractivity contribution in [2.75, 3.05) is 6.61 Å². The van der Waals surface area contributed by atoms with Crippen LogP contribution in [-0.4, -0.2) is 23.3 Å². The monoisotopic (exact) mass is 270 g/mol. The van der Waals surface area contributed by atoms with Crippen molar-refractivity contribution in [2.45, 2.75) is 72.3 Å². The Morgan fingerprint density at radius 2 is 2.00 bits per heavy atom. The lowest BCUT2D eigenvalue weighted by Gasteiger charge is -2.40. The molecular formula is C16H30O3. The fourth-order valence-electron chi connectivity index (χ4n) is 3.14. The maximum atomic E-state index is 12.1. The smallest absolute Gasteiger partial charge is 0.314 e. The van der Waals surface area contributed by atoms with E-state index in [4.69, 9.17) is 4.74 Å². The van der Waals surface area contributed by atoms with E-state index < -0.39 is 11.0 Å². The molecule has 112 valence electrons. The molecule has 0 aromatic rings. The molecule has 1 fully saturated rings. The Balaban J connectivity index is 2.82. The van der Waals surface area contributed by atoms with E-state index in [1.165, 1.54) is 0 Å². The first-order valence-corrected chi connectivity index (χ1v) is 7.64. The molecule has 0 aromatic carbocycles. The van der Waals surface area contributed by atoms with E-state index in [-0.39, 0.29) is 5.97 Å². The highest BCUT2D eigenvalue weighted by molar-refractivity contribution is 5.77. The molecule has 0 spiro atoms. The minimum Gasteiger partial charge on any atom is -0.465 e. The molecule has 0 amide bonds. The zero-order chi connectivity index (χ0) is 14.7. The number of ether oxygens (including phenoxy) is 1. The van der Waals surface area contributed by atoms with Gasteiger partial charge in [0.05, 0.1) is 17.6 Å². The fourth-order valence-corrected chi connectivity index (χ4v) is 3.14. The summed E-state index contributed by atoms with van der Waals surface area (Å²) in [6.45, 7) is 10.3. The molecule has 0 heterocycles. The summed E-state index contributed by atoms with van der Waals surface area (Å²) < 4.78 is 5.14. The zero-order valence-electron chi connectivity index (χ0n) is 13.2. The lowest BCUT2D eigenvalue weighted by Crippen LogP contribution is -2.50. The van der Waals surface area contributed by atoms with Gasteiger partial charge in [0, 0.05) is 0 Å². The van der Waals surface area contributed by atoms with Crippen molar-refractivity contribution in [3.8, 4) is 0 Å². The van der Waals surface area contributed by atoms with Crippen molar-refractivity contribution in [3.63, 3.8) is 0 Å². The highest BCUT2D eigenvalue weighted by Gasteiger charge is 2.50. The summed E-state index contributed by atoms with van der Waals surface area (Å²) in [6, 6.07) is 0. The number of aliphatic hydroxyl groups is 1. The second-order valence-corrected chi connectivity index (χ2v) is 6.81. The van der Waals surface area contributed by atoms with E-state index in [0.717, 1.165) is 19.3 Å². The van der Waals surface area contributed by atoms with E-state index >= 15 is 0 Å². The number of esters is 1. The van der Waals surface area contributed by atoms with E-state index in [1.807, 2.05) is 13.8 Å². The number of carbonyl (C=O) groups is 1. The Bertz CT molecular complexity index is 309. The summed E-state index contributed by atoms with van der Waals surface area (Å²) in [6.07, 6.45) is 4.53. The molecule has 0 radical (unpaired) electrons. The maximum Gasteiger partial charge on any atom is 0.314 e. The van der Waals surface area contributed by atoms with Gasteiger partial charge in [-0.1, -0.05) is 26.7 Å². The highest BCUT2D eigenvalue weighted by Crippen LogP contribution is 2.44. The van der Waals surface area contributed by atoms with Gasteiger partial charge in [-0.15, -0.1) is 0 Å². The molecule has 3 nitrogen and oxygen atoms in total. The Morgan fingerprint density at radius 1 is 1.37 bits per heavy atom. The Labute approximate surface area is 117 Å². The summed E-state index contributed by atoms with van der Waals surface area (Å²) in [5.41, 5.74) is -1.75. The zero-order valence-corrected chi connectivity index (χ0v) is 13.2. The first-order valence-electron chi connectivity index (χ1n) is 7.64. The molecule has 1 saturated carbocycles. The van der Waals surface area contributed by atoms with Gasteiger partial charge in [0.15, 0.2) is 0 Å². The minimum absolute atomic E-state index is 0.277. The SMILES string of the molecule is CCOC(=O)C(C)(C)C1(O)CCCC(C(C)C)CC1. The Kier molecular flexibility index (Phi) is 5.43. The fraction of sp³-hybridized carbons (Fsp3) is 0.938. The highest BCUT2D eigenvalue weighted by atomic mass is 16.5. The lowest BCUT2D eigenvalue weighted by molar-refractivity contribution is -0.172. The van der Waals surface area contributed by atoms with E-state index in [1.54, 1.807) is 6.92 Å². The molecule has 1 aliphatic rings. The maximum absolute atomic E-state index is 12.1. The quantitative estimate of drug-likeness (QED) is 0.628. The molecule has 1 aliphatic carbocycles. The summed E-state index contributed by atoms with van der Waals surface area (Å²) in [7, 11) is 0. The first-order chi connectivity index (χ1) is 8.74. The van der Waals surface area contributed by atoms with Crippen LogP contribution < -0.4 is 0 Å². The van der Waals surface area contributed by atoms with Crippen molar-refractivity contribution in [1.82, 2.24) is 0 Å². The van der Waals surface area contributed by atoms with Gasteiger partial charge in [-0.2, -0.15) is 0 Å². The third kappa shape index (κ3) is 3.50. The second kappa shape index (κ2) is 6.25. The second-order valence-electron chi connectivity index (χ2n) is 6.81. The van der Waals surface area contributed by atoms with Gasteiger partial charge >= 0.3 is 5.97 Å². The normalized spacial score (nSPS) is 29.1. The van der Waals surface area contributed by atoms with Crippen LogP contribution >= 0.6 is 0 Å². The van der Waals surface area contributed by atoms with Gasteiger partial charge in [0.25, 0.3) is 0 Å². The molecule has 3 heteroatoms. The minimum atomic E-state index is -0.928. The summed E-state index contributed by atoms with van der Waals surface area (Å²) in [5, 5.41) is 11.0. The predicted octanol–water partition coefficient (Wildman–Crippen LogP) is 3.54. The van der Waals surface area contributed by atoms with Crippen molar-refractivity contribution < 1.29 is 14.6 Å². The third-order valence-electron chi connectivity index (χ3n) is 4.99. The standard InChI is InChI=1S/C16H30O3/c1-6-19-14(17)15(4,5)16(18)10-7-8-13(9-11-16)12(2)3/h12-13,18H,6-11H2,1-5H3. The van der Waals surface area contributed by atoms with Crippen molar-refractivity contribution in [1.29, 1.82) is 0 Å². The van der Waals surface area contributed by atoms with E-state index in [9.17, 15) is 9.90 Å². The third-order valence-corrected chi connectivity index (χ3v) is 4.99. The van der Waals surface area contributed by atoms with E-state index in [2.05, 4.69) is 13.8 Å². The largest absolute Gasteiger partial charge is 0.465 e. The van der Waals surface area contributed by atoms with Gasteiger partial charge in [-0.05, 0) is 51.9 Å². The van der Waals surface area contributed by atoms with Crippen LogP contribution in [0.2, 0.25) is 0 Å². The van der Waals surface area contributed by atoms with Crippen LogP contribution in [0, 0.1) is 17.3 Å². The van der Waals surface area contributed by atoms with Gasteiger partial charge < -0.3 is 9.84 Å². The number of hydrogen-bond acceptors (Lipinski definition) is 3. The molecule has 0 aliphatic heterocycles. The number of hydrogen-bond donors (Lipinski definition) is 1. The van der Waals surface area contributed by atoms with Crippen LogP contribution in [0.5, 0.6) is 0 Å². The lowest BCUT2D eigenvalue weighted by atomic mass is 9.70. The average Bonchev–Trinajstić information content (AvgIpc) is 2.52. The first kappa shape index (κ1) is 16.5. The van der Waals surface area contributed by atoms with Gasteiger partial charge in [0.1, 0.15) is 0 Å². The van der Waals surface area contributed by atoms with Gasteiger partial charge in [0.2, 0.25) is 0 Å².